The largest absolute Gasteiger partial charge is 0.416 e. The van der Waals surface area contributed by atoms with Crippen LogP contribution in [0.2, 0.25) is 0 Å². The number of nitrogens with zero attached hydrogens (tertiary/aromatic N) is 3. The Hall–Kier alpha value is -4.08. The molecule has 0 unspecified atom stereocenters. The molecule has 4 rings (SSSR count). The number of carbonyl (C=O) groups excluding carboxylic acids is 1. The Morgan fingerprint density at radius 2 is 1.72 bits per heavy atom. The molecule has 0 fully saturated rings. The summed E-state index contributed by atoms with van der Waals surface area (Å²) >= 11 is 0. The van der Waals surface area contributed by atoms with Crippen LogP contribution in [0.3, 0.4) is 0 Å². The maximum Gasteiger partial charge on any atom is 0.416 e. The molecule has 2 aromatic carbocycles. The molecule has 10 heteroatoms. The zero-order valence-electron chi connectivity index (χ0n) is 17.2. The van der Waals surface area contributed by atoms with Gasteiger partial charge in [0.05, 0.1) is 11.8 Å². The average molecular weight is 440 g/mol. The first-order valence-electron chi connectivity index (χ1n) is 9.60. The van der Waals surface area contributed by atoms with Gasteiger partial charge in [-0.1, -0.05) is 18.2 Å². The van der Waals surface area contributed by atoms with Crippen molar-refractivity contribution in [3.05, 3.63) is 66.5 Å². The zero-order valence-corrected chi connectivity index (χ0v) is 17.2. The number of urea groups is 1. The first-order valence-corrected chi connectivity index (χ1v) is 9.60. The van der Waals surface area contributed by atoms with Gasteiger partial charge >= 0.3 is 12.2 Å². The lowest BCUT2D eigenvalue weighted by Gasteiger charge is -2.11. The van der Waals surface area contributed by atoms with Crippen LogP contribution < -0.4 is 16.0 Å². The molecular weight excluding hydrogens is 421 g/mol. The van der Waals surface area contributed by atoms with Crippen LogP contribution in [0.5, 0.6) is 0 Å². The summed E-state index contributed by atoms with van der Waals surface area (Å²) in [6.45, 7) is 0. The van der Waals surface area contributed by atoms with Crippen molar-refractivity contribution in [2.45, 2.75) is 6.18 Å². The van der Waals surface area contributed by atoms with E-state index in [-0.39, 0.29) is 5.69 Å². The summed E-state index contributed by atoms with van der Waals surface area (Å²) in [6, 6.07) is 10.9. The second-order valence-corrected chi connectivity index (χ2v) is 7.04. The van der Waals surface area contributed by atoms with E-state index in [1.807, 2.05) is 19.2 Å². The first-order chi connectivity index (χ1) is 15.3. The summed E-state index contributed by atoms with van der Waals surface area (Å²) in [5.41, 5.74) is 2.32. The molecule has 0 atom stereocenters. The molecule has 7 nitrogen and oxygen atoms in total. The van der Waals surface area contributed by atoms with Crippen LogP contribution >= 0.6 is 0 Å². The molecule has 2 aromatic heterocycles. The third-order valence-electron chi connectivity index (χ3n) is 4.91. The van der Waals surface area contributed by atoms with Crippen molar-refractivity contribution in [1.29, 1.82) is 0 Å². The van der Waals surface area contributed by atoms with E-state index in [2.05, 4.69) is 26.0 Å². The van der Waals surface area contributed by atoms with Crippen molar-refractivity contribution in [2.24, 2.45) is 7.05 Å². The third-order valence-corrected chi connectivity index (χ3v) is 4.91. The predicted octanol–water partition coefficient (Wildman–Crippen LogP) is 5.34. The van der Waals surface area contributed by atoms with Gasteiger partial charge in [-0.3, -0.25) is 4.68 Å². The number of amides is 2. The second kappa shape index (κ2) is 8.22. The van der Waals surface area contributed by atoms with E-state index in [0.717, 1.165) is 34.2 Å². The quantitative estimate of drug-likeness (QED) is 0.400. The van der Waals surface area contributed by atoms with E-state index in [0.29, 0.717) is 11.5 Å². The number of nitrogens with one attached hydrogen (secondary N) is 3. The molecule has 0 aliphatic heterocycles. The van der Waals surface area contributed by atoms with Gasteiger partial charge in [-0.05, 0) is 35.9 Å². The molecule has 0 spiro atoms. The Labute approximate surface area is 181 Å². The van der Waals surface area contributed by atoms with Crippen molar-refractivity contribution >= 4 is 34.1 Å². The zero-order chi connectivity index (χ0) is 22.9. The van der Waals surface area contributed by atoms with E-state index in [9.17, 15) is 18.0 Å². The van der Waals surface area contributed by atoms with Crippen LogP contribution in [0, 0.1) is 0 Å². The highest BCUT2D eigenvalue weighted by atomic mass is 19.4. The first kappa shape index (κ1) is 21.2. The number of benzene rings is 2. The van der Waals surface area contributed by atoms with Gasteiger partial charge in [0.25, 0.3) is 0 Å². The molecule has 4 aromatic rings. The maximum atomic E-state index is 12.8. The summed E-state index contributed by atoms with van der Waals surface area (Å²) < 4.78 is 40.2. The molecule has 0 saturated heterocycles. The van der Waals surface area contributed by atoms with Gasteiger partial charge in [0, 0.05) is 42.6 Å². The second-order valence-electron chi connectivity index (χ2n) is 7.04. The van der Waals surface area contributed by atoms with Crippen LogP contribution in [0.25, 0.3) is 22.0 Å². The molecule has 0 aliphatic rings. The number of aromatic nitrogens is 3. The molecular formula is C22H19F3N6O. The molecule has 2 heterocycles. The molecule has 0 aliphatic carbocycles. The number of rotatable bonds is 4. The van der Waals surface area contributed by atoms with E-state index in [1.54, 1.807) is 36.3 Å². The number of aryl methyl sites for hydroxylation is 1. The topological polar surface area (TPSA) is 83.9 Å². The standard InChI is InChI=1S/C22H19F3N6O/c1-26-20-19-18(12-28-31(19)2)17(11-27-20)13-6-8-15(9-7-13)29-21(32)30-16-5-3-4-14(10-16)22(23,24)25/h3-12H,1-2H3,(H,26,27)(H2,29,30,32). The summed E-state index contributed by atoms with van der Waals surface area (Å²) in [5, 5.41) is 13.3. The van der Waals surface area contributed by atoms with Gasteiger partial charge in [-0.15, -0.1) is 0 Å². The number of hydrogen-bond acceptors (Lipinski definition) is 4. The van der Waals surface area contributed by atoms with Gasteiger partial charge in [0.2, 0.25) is 0 Å². The van der Waals surface area contributed by atoms with Crippen LogP contribution in [0.1, 0.15) is 5.56 Å². The fourth-order valence-corrected chi connectivity index (χ4v) is 3.39. The summed E-state index contributed by atoms with van der Waals surface area (Å²) in [7, 11) is 3.63. The molecule has 32 heavy (non-hydrogen) atoms. The number of anilines is 3. The Kier molecular flexibility index (Phi) is 5.43. The van der Waals surface area contributed by atoms with Gasteiger partial charge in [-0.25, -0.2) is 9.78 Å². The van der Waals surface area contributed by atoms with Crippen LogP contribution in [0.15, 0.2) is 60.9 Å². The highest BCUT2D eigenvalue weighted by Gasteiger charge is 2.30. The van der Waals surface area contributed by atoms with Gasteiger partial charge in [-0.2, -0.15) is 18.3 Å². The van der Waals surface area contributed by atoms with Crippen molar-refractivity contribution in [2.75, 3.05) is 23.0 Å². The van der Waals surface area contributed by atoms with E-state index in [4.69, 9.17) is 0 Å². The number of fused-ring (bicyclic) bond motifs is 1. The van der Waals surface area contributed by atoms with Gasteiger partial charge < -0.3 is 16.0 Å². The number of carbonyl (C=O) groups is 1. The van der Waals surface area contributed by atoms with Crippen LogP contribution in [0.4, 0.5) is 35.2 Å². The van der Waals surface area contributed by atoms with Crippen molar-refractivity contribution in [3.63, 3.8) is 0 Å². The molecule has 0 bridgehead atoms. The summed E-state index contributed by atoms with van der Waals surface area (Å²) in [6.07, 6.45) is -0.968. The minimum absolute atomic E-state index is 0.0450. The number of pyridine rings is 1. The number of halogens is 3. The van der Waals surface area contributed by atoms with E-state index < -0.39 is 17.8 Å². The monoisotopic (exact) mass is 440 g/mol. The molecule has 2 amide bonds. The van der Waals surface area contributed by atoms with Gasteiger partial charge in [0.1, 0.15) is 5.52 Å². The Bertz CT molecular complexity index is 1280. The lowest BCUT2D eigenvalue weighted by molar-refractivity contribution is -0.137. The highest BCUT2D eigenvalue weighted by Crippen LogP contribution is 2.32. The third kappa shape index (κ3) is 4.20. The smallest absolute Gasteiger partial charge is 0.371 e. The molecule has 3 N–H and O–H groups in total. The fourth-order valence-electron chi connectivity index (χ4n) is 3.39. The number of alkyl halides is 3. The van der Waals surface area contributed by atoms with Crippen molar-refractivity contribution < 1.29 is 18.0 Å². The normalized spacial score (nSPS) is 11.4. The van der Waals surface area contributed by atoms with Crippen LogP contribution in [-0.4, -0.2) is 27.8 Å². The minimum atomic E-state index is -4.48. The average Bonchev–Trinajstić information content (AvgIpc) is 3.15. The van der Waals surface area contributed by atoms with Crippen LogP contribution in [-0.2, 0) is 13.2 Å². The molecule has 0 radical (unpaired) electrons. The Balaban J connectivity index is 1.50. The highest BCUT2D eigenvalue weighted by molar-refractivity contribution is 6.01. The fraction of sp³-hybridized carbons (Fsp3) is 0.136. The minimum Gasteiger partial charge on any atom is -0.371 e. The SMILES string of the molecule is CNc1ncc(-c2ccc(NC(=O)Nc3cccc(C(F)(F)F)c3)cc2)c2cnn(C)c12. The lowest BCUT2D eigenvalue weighted by atomic mass is 10.0. The summed E-state index contributed by atoms with van der Waals surface area (Å²) in [5.74, 6) is 0.716. The Morgan fingerprint density at radius 3 is 2.41 bits per heavy atom. The molecule has 164 valence electrons. The van der Waals surface area contributed by atoms with E-state index >= 15 is 0 Å². The van der Waals surface area contributed by atoms with Crippen molar-refractivity contribution in [3.8, 4) is 11.1 Å². The number of hydrogen-bond donors (Lipinski definition) is 3. The summed E-state index contributed by atoms with van der Waals surface area (Å²) in [4.78, 5) is 16.7. The maximum absolute atomic E-state index is 12.8. The predicted molar refractivity (Wildman–Crippen MR) is 118 cm³/mol. The van der Waals surface area contributed by atoms with Crippen molar-refractivity contribution in [1.82, 2.24) is 14.8 Å². The lowest BCUT2D eigenvalue weighted by Crippen LogP contribution is -2.19. The van der Waals surface area contributed by atoms with Gasteiger partial charge in [0.15, 0.2) is 5.82 Å². The molecule has 0 saturated carbocycles. The Morgan fingerprint density at radius 1 is 1.00 bits per heavy atom. The van der Waals surface area contributed by atoms with E-state index in [1.165, 1.54) is 12.1 Å².